The second kappa shape index (κ2) is 5.67. The van der Waals surface area contributed by atoms with Crippen LogP contribution in [-0.4, -0.2) is 22.8 Å². The summed E-state index contributed by atoms with van der Waals surface area (Å²) in [5, 5.41) is 3.14. The third-order valence-electron chi connectivity index (χ3n) is 3.52. The van der Waals surface area contributed by atoms with Crippen LogP contribution in [0.25, 0.3) is 0 Å². The molecular weight excluding hydrogens is 337 g/mol. The number of carbonyl (C=O) groups is 2. The van der Waals surface area contributed by atoms with E-state index in [0.29, 0.717) is 17.1 Å². The van der Waals surface area contributed by atoms with Crippen LogP contribution in [-0.2, 0) is 14.3 Å². The molecule has 1 aromatic rings. The van der Waals surface area contributed by atoms with Gasteiger partial charge >= 0.3 is 5.97 Å². The van der Waals surface area contributed by atoms with Crippen molar-refractivity contribution in [1.82, 2.24) is 0 Å². The van der Waals surface area contributed by atoms with Crippen LogP contribution in [0.5, 0.6) is 0 Å². The fourth-order valence-electron chi connectivity index (χ4n) is 1.83. The molecule has 1 atom stereocenters. The average Bonchev–Trinajstić information content (AvgIpc) is 2.91. The zero-order valence-corrected chi connectivity index (χ0v) is 13.8. The quantitative estimate of drug-likeness (QED) is 0.665. The molecule has 0 heterocycles. The first-order valence-electron chi connectivity index (χ1n) is 6.27. The van der Waals surface area contributed by atoms with Gasteiger partial charge in [0.25, 0.3) is 5.91 Å². The zero-order chi connectivity index (χ0) is 15.8. The molecule has 0 radical (unpaired) electrons. The summed E-state index contributed by atoms with van der Waals surface area (Å²) in [4.78, 5) is 23.6. The van der Waals surface area contributed by atoms with Gasteiger partial charge in [-0.15, -0.1) is 23.2 Å². The van der Waals surface area contributed by atoms with E-state index >= 15 is 0 Å². The fourth-order valence-corrected chi connectivity index (χ4v) is 2.69. The second-order valence-corrected chi connectivity index (χ2v) is 7.22. The van der Waals surface area contributed by atoms with Gasteiger partial charge in [0.05, 0.1) is 0 Å². The Hall–Kier alpha value is -0.970. The first-order valence-corrected chi connectivity index (χ1v) is 7.40. The predicted molar refractivity (Wildman–Crippen MR) is 82.9 cm³/mol. The smallest absolute Gasteiger partial charge is 0.315 e. The topological polar surface area (TPSA) is 55.4 Å². The first kappa shape index (κ1) is 16.4. The summed E-state index contributed by atoms with van der Waals surface area (Å²) < 4.78 is 3.85. The standard InChI is InChI=1S/C14H14Cl3NO3/c1-8-3-4-9(15)5-10(8)18-11(19)6-21-12(20)13(2)7-14(13,16)17/h3-5H,6-7H2,1-2H3,(H,18,19)/t13-/m1/s1. The summed E-state index contributed by atoms with van der Waals surface area (Å²) in [5.41, 5.74) is 0.488. The molecule has 1 saturated carbocycles. The third kappa shape index (κ3) is 3.44. The highest BCUT2D eigenvalue weighted by atomic mass is 35.5. The number of carbonyl (C=O) groups excluding carboxylic acids is 2. The average molecular weight is 351 g/mol. The monoisotopic (exact) mass is 349 g/mol. The number of alkyl halides is 2. The van der Waals surface area contributed by atoms with Crippen molar-refractivity contribution in [3.8, 4) is 0 Å². The minimum Gasteiger partial charge on any atom is -0.455 e. The van der Waals surface area contributed by atoms with Gasteiger partial charge in [0.2, 0.25) is 0 Å². The molecule has 0 aromatic heterocycles. The van der Waals surface area contributed by atoms with Crippen molar-refractivity contribution >= 4 is 52.4 Å². The van der Waals surface area contributed by atoms with Crippen molar-refractivity contribution in [2.45, 2.75) is 24.6 Å². The van der Waals surface area contributed by atoms with Gasteiger partial charge in [-0.3, -0.25) is 9.59 Å². The summed E-state index contributed by atoms with van der Waals surface area (Å²) in [6.45, 7) is 3.04. The van der Waals surface area contributed by atoms with Crippen LogP contribution in [0, 0.1) is 12.3 Å². The highest BCUT2D eigenvalue weighted by Gasteiger charge is 2.69. The summed E-state index contributed by atoms with van der Waals surface area (Å²) >= 11 is 17.6. The van der Waals surface area contributed by atoms with Gasteiger partial charge in [-0.1, -0.05) is 17.7 Å². The highest BCUT2D eigenvalue weighted by Crippen LogP contribution is 2.64. The Bertz CT molecular complexity index is 603. The fraction of sp³-hybridized carbons (Fsp3) is 0.429. The molecule has 1 amide bonds. The van der Waals surface area contributed by atoms with Gasteiger partial charge in [0.15, 0.2) is 6.61 Å². The second-order valence-electron chi connectivity index (χ2n) is 5.30. The lowest BCUT2D eigenvalue weighted by Crippen LogP contribution is -2.27. The van der Waals surface area contributed by atoms with Crippen LogP contribution in [0.15, 0.2) is 18.2 Å². The minimum atomic E-state index is -1.11. The Labute approximate surface area is 137 Å². The molecule has 0 saturated heterocycles. The molecule has 1 aliphatic rings. The predicted octanol–water partition coefficient (Wildman–Crippen LogP) is 3.71. The van der Waals surface area contributed by atoms with Crippen LogP contribution in [0.1, 0.15) is 18.9 Å². The van der Waals surface area contributed by atoms with Crippen LogP contribution >= 0.6 is 34.8 Å². The van der Waals surface area contributed by atoms with Gasteiger partial charge in [0.1, 0.15) is 9.75 Å². The number of ether oxygens (including phenoxy) is 1. The number of aryl methyl sites for hydroxylation is 1. The molecule has 21 heavy (non-hydrogen) atoms. The van der Waals surface area contributed by atoms with Crippen LogP contribution < -0.4 is 5.32 Å². The van der Waals surface area contributed by atoms with Gasteiger partial charge in [-0.2, -0.15) is 0 Å². The molecule has 1 N–H and O–H groups in total. The Morgan fingerprint density at radius 1 is 1.38 bits per heavy atom. The maximum atomic E-state index is 11.8. The molecule has 0 spiro atoms. The SMILES string of the molecule is Cc1ccc(Cl)cc1NC(=O)COC(=O)[C@@]1(C)CC1(Cl)Cl. The molecule has 1 aliphatic carbocycles. The van der Waals surface area contributed by atoms with E-state index in [9.17, 15) is 9.59 Å². The molecule has 114 valence electrons. The highest BCUT2D eigenvalue weighted by molar-refractivity contribution is 6.53. The summed E-state index contributed by atoms with van der Waals surface area (Å²) in [6.07, 6.45) is 0.316. The van der Waals surface area contributed by atoms with E-state index in [1.54, 1.807) is 25.1 Å². The molecule has 7 heteroatoms. The van der Waals surface area contributed by atoms with E-state index in [1.807, 2.05) is 6.92 Å². The van der Waals surface area contributed by atoms with Crippen molar-refractivity contribution in [1.29, 1.82) is 0 Å². The van der Waals surface area contributed by atoms with E-state index in [-0.39, 0.29) is 0 Å². The number of esters is 1. The molecule has 0 unspecified atom stereocenters. The number of nitrogens with one attached hydrogen (secondary N) is 1. The molecule has 1 aromatic carbocycles. The number of hydrogen-bond acceptors (Lipinski definition) is 3. The third-order valence-corrected chi connectivity index (χ3v) is 4.85. The van der Waals surface area contributed by atoms with E-state index in [1.165, 1.54) is 0 Å². The van der Waals surface area contributed by atoms with Crippen molar-refractivity contribution in [3.05, 3.63) is 28.8 Å². The summed E-state index contributed by atoms with van der Waals surface area (Å²) in [5.74, 6) is -1.03. The molecule has 0 bridgehead atoms. The maximum Gasteiger partial charge on any atom is 0.315 e. The Kier molecular flexibility index (Phi) is 4.43. The van der Waals surface area contributed by atoms with Gasteiger partial charge in [-0.25, -0.2) is 0 Å². The number of hydrogen-bond donors (Lipinski definition) is 1. The van der Waals surface area contributed by atoms with Crippen molar-refractivity contribution < 1.29 is 14.3 Å². The molecule has 1 fully saturated rings. The van der Waals surface area contributed by atoms with Crippen molar-refractivity contribution in [3.63, 3.8) is 0 Å². The molecular formula is C14H14Cl3NO3. The molecule has 0 aliphatic heterocycles. The largest absolute Gasteiger partial charge is 0.455 e. The van der Waals surface area contributed by atoms with E-state index in [2.05, 4.69) is 5.32 Å². The van der Waals surface area contributed by atoms with Crippen LogP contribution in [0.4, 0.5) is 5.69 Å². The van der Waals surface area contributed by atoms with Gasteiger partial charge < -0.3 is 10.1 Å². The van der Waals surface area contributed by atoms with Crippen molar-refractivity contribution in [2.24, 2.45) is 5.41 Å². The van der Waals surface area contributed by atoms with E-state index in [0.717, 1.165) is 5.56 Å². The Morgan fingerprint density at radius 3 is 2.57 bits per heavy atom. The first-order chi connectivity index (χ1) is 9.65. The molecule has 2 rings (SSSR count). The lowest BCUT2D eigenvalue weighted by Gasteiger charge is -2.12. The lowest BCUT2D eigenvalue weighted by atomic mass is 10.1. The normalized spacial score (nSPS) is 22.5. The van der Waals surface area contributed by atoms with Crippen molar-refractivity contribution in [2.75, 3.05) is 11.9 Å². The number of amides is 1. The maximum absolute atomic E-state index is 11.8. The van der Waals surface area contributed by atoms with Gasteiger partial charge in [0, 0.05) is 17.1 Å². The minimum absolute atomic E-state index is 0.316. The van der Waals surface area contributed by atoms with E-state index in [4.69, 9.17) is 39.5 Å². The van der Waals surface area contributed by atoms with Crippen LogP contribution in [0.3, 0.4) is 0 Å². The zero-order valence-electron chi connectivity index (χ0n) is 11.5. The number of benzene rings is 1. The Morgan fingerprint density at radius 2 is 2.00 bits per heavy atom. The number of anilines is 1. The summed E-state index contributed by atoms with van der Waals surface area (Å²) in [6, 6.07) is 5.13. The summed E-state index contributed by atoms with van der Waals surface area (Å²) in [7, 11) is 0. The van der Waals surface area contributed by atoms with Gasteiger partial charge in [-0.05, 0) is 31.5 Å². The number of rotatable bonds is 4. The molecule has 4 nitrogen and oxygen atoms in total. The van der Waals surface area contributed by atoms with Crippen LogP contribution in [0.2, 0.25) is 5.02 Å². The lowest BCUT2D eigenvalue weighted by molar-refractivity contribution is -0.152. The Balaban J connectivity index is 1.89. The van der Waals surface area contributed by atoms with E-state index < -0.39 is 28.2 Å². The number of halogens is 3.